The van der Waals surface area contributed by atoms with Gasteiger partial charge in [-0.05, 0) is 93.6 Å². The lowest BCUT2D eigenvalue weighted by molar-refractivity contribution is -0.136. The molecule has 0 radical (unpaired) electrons. The van der Waals surface area contributed by atoms with E-state index in [1.165, 1.54) is 18.4 Å². The van der Waals surface area contributed by atoms with E-state index in [1.807, 2.05) is 18.2 Å². The second kappa shape index (κ2) is 11.0. The highest BCUT2D eigenvalue weighted by Gasteiger charge is 2.33. The van der Waals surface area contributed by atoms with Crippen molar-refractivity contribution in [3.63, 3.8) is 0 Å². The summed E-state index contributed by atoms with van der Waals surface area (Å²) >= 11 is 11.8. The van der Waals surface area contributed by atoms with Gasteiger partial charge in [0.25, 0.3) is 5.56 Å². The van der Waals surface area contributed by atoms with Crippen LogP contribution in [0.1, 0.15) is 24.1 Å². The maximum Gasteiger partial charge on any atom is 0.338 e. The SMILES string of the molecule is C=CCOc1c(I)cc(/C=c2\sc3n(c2=O)[C@H](c2ccc(Cl)cc2)C(C(=O)OC)=C(C)N=3)cc1I. The molecule has 0 spiro atoms. The number of allylic oxidation sites excluding steroid dienone is 1. The predicted molar refractivity (Wildman–Crippen MR) is 155 cm³/mol. The number of thiazole rings is 1. The average Bonchev–Trinajstić information content (AvgIpc) is 3.12. The fourth-order valence-corrected chi connectivity index (χ4v) is 7.05. The minimum atomic E-state index is -0.673. The summed E-state index contributed by atoms with van der Waals surface area (Å²) < 4.78 is 14.7. The molecule has 0 amide bonds. The fourth-order valence-electron chi connectivity index (χ4n) is 3.75. The van der Waals surface area contributed by atoms with E-state index in [9.17, 15) is 9.59 Å². The van der Waals surface area contributed by atoms with E-state index in [0.29, 0.717) is 32.2 Å². The number of aromatic nitrogens is 1. The molecule has 0 N–H and O–H groups in total. The fraction of sp³-hybridized carbons (Fsp3) is 0.160. The molecule has 0 bridgehead atoms. The monoisotopic (exact) mass is 732 g/mol. The van der Waals surface area contributed by atoms with Crippen LogP contribution in [0.3, 0.4) is 0 Å². The number of methoxy groups -OCH3 is 1. The van der Waals surface area contributed by atoms with Crippen LogP contribution in [0.5, 0.6) is 5.75 Å². The van der Waals surface area contributed by atoms with Crippen LogP contribution in [0.25, 0.3) is 6.08 Å². The standard InChI is InChI=1S/C25H19ClI2N2O4S/c1-4-9-34-22-17(27)10-14(11-18(22)28)12-19-23(31)30-21(15-5-7-16(26)8-6-15)20(24(32)33-3)13(2)29-25(30)35-19/h4-8,10-12,21H,1,9H2,2-3H3/b19-12-/t21-/m1/s1. The molecule has 1 aromatic heterocycles. The van der Waals surface area contributed by atoms with Gasteiger partial charge in [-0.25, -0.2) is 9.79 Å². The number of carbonyl (C=O) groups excluding carboxylic acids is 1. The van der Waals surface area contributed by atoms with Crippen molar-refractivity contribution in [2.45, 2.75) is 13.0 Å². The van der Waals surface area contributed by atoms with Gasteiger partial charge in [0.1, 0.15) is 12.4 Å². The van der Waals surface area contributed by atoms with E-state index in [4.69, 9.17) is 21.1 Å². The average molecular weight is 733 g/mol. The quantitative estimate of drug-likeness (QED) is 0.207. The van der Waals surface area contributed by atoms with Gasteiger partial charge in [-0.1, -0.05) is 47.7 Å². The molecule has 180 valence electrons. The van der Waals surface area contributed by atoms with Gasteiger partial charge in [-0.15, -0.1) is 0 Å². The molecule has 2 heterocycles. The van der Waals surface area contributed by atoms with Gasteiger partial charge >= 0.3 is 5.97 Å². The number of fused-ring (bicyclic) bond motifs is 1. The molecule has 1 aliphatic heterocycles. The van der Waals surface area contributed by atoms with Crippen molar-refractivity contribution in [3.8, 4) is 5.75 Å². The van der Waals surface area contributed by atoms with Crippen LogP contribution < -0.4 is 19.6 Å². The molecular formula is C25H19ClI2N2O4S. The van der Waals surface area contributed by atoms with Crippen LogP contribution in [0.15, 0.2) is 70.1 Å². The molecule has 1 atom stereocenters. The Morgan fingerprint density at radius 3 is 2.51 bits per heavy atom. The van der Waals surface area contributed by atoms with Crippen molar-refractivity contribution in [1.82, 2.24) is 4.57 Å². The first-order chi connectivity index (χ1) is 16.7. The summed E-state index contributed by atoms with van der Waals surface area (Å²) in [4.78, 5) is 31.5. The van der Waals surface area contributed by atoms with Crippen LogP contribution in [-0.2, 0) is 9.53 Å². The lowest BCUT2D eigenvalue weighted by Gasteiger charge is -2.24. The molecule has 3 aromatic rings. The second-order valence-electron chi connectivity index (χ2n) is 7.54. The van der Waals surface area contributed by atoms with Crippen molar-refractivity contribution in [3.05, 3.63) is 103 Å². The molecule has 6 nitrogen and oxygen atoms in total. The Kier molecular flexibility index (Phi) is 8.19. The molecule has 0 aliphatic carbocycles. The molecule has 0 fully saturated rings. The van der Waals surface area contributed by atoms with E-state index in [2.05, 4.69) is 56.8 Å². The van der Waals surface area contributed by atoms with Gasteiger partial charge in [-0.2, -0.15) is 0 Å². The molecule has 4 rings (SSSR count). The van der Waals surface area contributed by atoms with Crippen molar-refractivity contribution in [1.29, 1.82) is 0 Å². The van der Waals surface area contributed by atoms with Gasteiger partial charge in [0.15, 0.2) is 4.80 Å². The predicted octanol–water partition coefficient (Wildman–Crippen LogP) is 4.84. The Hall–Kier alpha value is -1.96. The van der Waals surface area contributed by atoms with Gasteiger partial charge in [-0.3, -0.25) is 9.36 Å². The Labute approximate surface area is 237 Å². The number of hydrogen-bond acceptors (Lipinski definition) is 6. The smallest absolute Gasteiger partial charge is 0.338 e. The number of hydrogen-bond donors (Lipinski definition) is 0. The molecule has 0 saturated heterocycles. The van der Waals surface area contributed by atoms with Gasteiger partial charge in [0, 0.05) is 5.02 Å². The number of carbonyl (C=O) groups is 1. The first-order valence-electron chi connectivity index (χ1n) is 10.3. The van der Waals surface area contributed by atoms with Gasteiger partial charge in [0.2, 0.25) is 0 Å². The molecule has 0 unspecified atom stereocenters. The largest absolute Gasteiger partial charge is 0.487 e. The zero-order valence-electron chi connectivity index (χ0n) is 18.7. The number of halogens is 3. The molecule has 35 heavy (non-hydrogen) atoms. The number of esters is 1. The number of ether oxygens (including phenoxy) is 2. The second-order valence-corrected chi connectivity index (χ2v) is 11.3. The van der Waals surface area contributed by atoms with Crippen LogP contribution in [0, 0.1) is 7.14 Å². The highest BCUT2D eigenvalue weighted by atomic mass is 127. The topological polar surface area (TPSA) is 69.9 Å². The summed E-state index contributed by atoms with van der Waals surface area (Å²) in [6.07, 6.45) is 3.53. The summed E-state index contributed by atoms with van der Waals surface area (Å²) in [5, 5.41) is 0.561. The summed E-state index contributed by atoms with van der Waals surface area (Å²) in [6.45, 7) is 5.85. The summed E-state index contributed by atoms with van der Waals surface area (Å²) in [5.41, 5.74) is 2.20. The summed E-state index contributed by atoms with van der Waals surface area (Å²) in [6, 6.07) is 10.3. The van der Waals surface area contributed by atoms with E-state index in [-0.39, 0.29) is 5.56 Å². The summed E-state index contributed by atoms with van der Waals surface area (Å²) in [7, 11) is 1.32. The third-order valence-electron chi connectivity index (χ3n) is 5.28. The Balaban J connectivity index is 1.90. The molecule has 1 aliphatic rings. The normalized spacial score (nSPS) is 15.5. The zero-order valence-corrected chi connectivity index (χ0v) is 24.6. The van der Waals surface area contributed by atoms with Crippen LogP contribution in [-0.4, -0.2) is 24.3 Å². The maximum absolute atomic E-state index is 13.7. The number of rotatable bonds is 6. The van der Waals surface area contributed by atoms with E-state index < -0.39 is 12.0 Å². The number of benzene rings is 2. The van der Waals surface area contributed by atoms with Crippen molar-refractivity contribution < 1.29 is 14.3 Å². The van der Waals surface area contributed by atoms with Crippen LogP contribution in [0.4, 0.5) is 0 Å². The van der Waals surface area contributed by atoms with Gasteiger partial charge in [0.05, 0.1) is 36.1 Å². The number of nitrogens with zero attached hydrogens (tertiary/aromatic N) is 2. The first-order valence-corrected chi connectivity index (χ1v) is 13.7. The third-order valence-corrected chi connectivity index (χ3v) is 8.11. The molecule has 2 aromatic carbocycles. The van der Waals surface area contributed by atoms with E-state index in [0.717, 1.165) is 24.0 Å². The van der Waals surface area contributed by atoms with Crippen molar-refractivity contribution >= 4 is 80.2 Å². The molecule has 10 heteroatoms. The minimum absolute atomic E-state index is 0.236. The lowest BCUT2D eigenvalue weighted by Crippen LogP contribution is -2.39. The third kappa shape index (κ3) is 5.27. The van der Waals surface area contributed by atoms with Crippen molar-refractivity contribution in [2.24, 2.45) is 4.99 Å². The Bertz CT molecular complexity index is 1520. The minimum Gasteiger partial charge on any atom is -0.487 e. The molecular weight excluding hydrogens is 714 g/mol. The maximum atomic E-state index is 13.7. The highest BCUT2D eigenvalue weighted by molar-refractivity contribution is 14.1. The van der Waals surface area contributed by atoms with Gasteiger partial charge < -0.3 is 9.47 Å². The van der Waals surface area contributed by atoms with Crippen LogP contribution in [0.2, 0.25) is 5.02 Å². The first kappa shape index (κ1) is 26.1. The Morgan fingerprint density at radius 2 is 1.91 bits per heavy atom. The molecule has 0 saturated carbocycles. The van der Waals surface area contributed by atoms with Crippen LogP contribution >= 0.6 is 68.1 Å². The van der Waals surface area contributed by atoms with E-state index in [1.54, 1.807) is 41.8 Å². The summed E-state index contributed by atoms with van der Waals surface area (Å²) in [5.74, 6) is 0.255. The van der Waals surface area contributed by atoms with Crippen molar-refractivity contribution in [2.75, 3.05) is 13.7 Å². The Morgan fingerprint density at radius 1 is 1.26 bits per heavy atom. The highest BCUT2D eigenvalue weighted by Crippen LogP contribution is 2.32. The zero-order chi connectivity index (χ0) is 25.3. The van der Waals surface area contributed by atoms with E-state index >= 15 is 0 Å². The lowest BCUT2D eigenvalue weighted by atomic mass is 9.96.